The first-order valence-corrected chi connectivity index (χ1v) is 7.97. The molecule has 0 saturated heterocycles. The van der Waals surface area contributed by atoms with E-state index in [0.29, 0.717) is 11.6 Å². The van der Waals surface area contributed by atoms with Gasteiger partial charge < -0.3 is 10.2 Å². The molecule has 0 heterocycles. The fourth-order valence-electron chi connectivity index (χ4n) is 3.60. The molecule has 1 saturated carbocycles. The van der Waals surface area contributed by atoms with Crippen molar-refractivity contribution in [2.45, 2.75) is 76.8 Å². The van der Waals surface area contributed by atoms with Gasteiger partial charge in [0, 0.05) is 18.0 Å². The molecule has 2 heteroatoms. The van der Waals surface area contributed by atoms with E-state index in [1.807, 2.05) is 6.92 Å². The number of rotatable bonds is 6. The third-order valence-electron chi connectivity index (χ3n) is 4.69. The van der Waals surface area contributed by atoms with Crippen LogP contribution in [0.3, 0.4) is 0 Å². The van der Waals surface area contributed by atoms with E-state index in [2.05, 4.69) is 43.1 Å². The van der Waals surface area contributed by atoms with Crippen LogP contribution >= 0.6 is 0 Å². The molecule has 1 fully saturated rings. The van der Waals surface area contributed by atoms with Crippen molar-refractivity contribution in [3.05, 3.63) is 0 Å². The van der Waals surface area contributed by atoms with Gasteiger partial charge in [-0.05, 0) is 46.8 Å². The van der Waals surface area contributed by atoms with Crippen LogP contribution in [0.2, 0.25) is 0 Å². The zero-order valence-electron chi connectivity index (χ0n) is 13.4. The number of likely N-dealkylation sites (N-methyl/N-ethyl adjacent to an activating group) is 2. The predicted molar refractivity (Wildman–Crippen MR) is 84.3 cm³/mol. The molecule has 1 aliphatic carbocycles. The van der Waals surface area contributed by atoms with E-state index in [-0.39, 0.29) is 0 Å². The molecule has 1 N–H and O–H groups in total. The van der Waals surface area contributed by atoms with Crippen LogP contribution in [-0.4, -0.2) is 37.1 Å². The molecule has 0 spiro atoms. The van der Waals surface area contributed by atoms with Crippen molar-refractivity contribution in [2.24, 2.45) is 0 Å². The van der Waals surface area contributed by atoms with Gasteiger partial charge in [-0.25, -0.2) is 0 Å². The molecule has 0 aromatic heterocycles. The highest BCUT2D eigenvalue weighted by Crippen LogP contribution is 2.35. The van der Waals surface area contributed by atoms with Crippen molar-refractivity contribution in [1.29, 1.82) is 0 Å². The van der Waals surface area contributed by atoms with E-state index in [0.717, 1.165) is 13.0 Å². The van der Waals surface area contributed by atoms with Crippen molar-refractivity contribution < 1.29 is 0 Å². The minimum Gasteiger partial charge on any atom is -0.312 e. The molecule has 0 amide bonds. The number of hydrogen-bond acceptors (Lipinski definition) is 2. The fourth-order valence-corrected chi connectivity index (χ4v) is 3.60. The van der Waals surface area contributed by atoms with Crippen molar-refractivity contribution in [2.75, 3.05) is 20.6 Å². The molecule has 1 rings (SSSR count). The zero-order valence-corrected chi connectivity index (χ0v) is 13.4. The lowest BCUT2D eigenvalue weighted by Gasteiger charge is -2.46. The monoisotopic (exact) mass is 264 g/mol. The summed E-state index contributed by atoms with van der Waals surface area (Å²) in [6.45, 7) is 5.22. The Hall–Kier alpha value is -0.520. The summed E-state index contributed by atoms with van der Waals surface area (Å²) < 4.78 is 0. The first kappa shape index (κ1) is 16.5. The topological polar surface area (TPSA) is 15.3 Å². The molecule has 1 atom stereocenters. The van der Waals surface area contributed by atoms with Gasteiger partial charge in [-0.15, -0.1) is 11.8 Å². The van der Waals surface area contributed by atoms with Gasteiger partial charge in [0.25, 0.3) is 0 Å². The summed E-state index contributed by atoms with van der Waals surface area (Å²) in [6.07, 6.45) is 10.4. The van der Waals surface area contributed by atoms with Gasteiger partial charge >= 0.3 is 0 Å². The van der Waals surface area contributed by atoms with Gasteiger partial charge in [-0.3, -0.25) is 0 Å². The van der Waals surface area contributed by atoms with E-state index in [4.69, 9.17) is 0 Å². The highest BCUT2D eigenvalue weighted by atomic mass is 15.2. The van der Waals surface area contributed by atoms with Crippen LogP contribution in [-0.2, 0) is 0 Å². The van der Waals surface area contributed by atoms with Crippen LogP contribution in [0.4, 0.5) is 0 Å². The van der Waals surface area contributed by atoms with Crippen LogP contribution < -0.4 is 5.32 Å². The molecular weight excluding hydrogens is 232 g/mol. The van der Waals surface area contributed by atoms with Gasteiger partial charge in [0.2, 0.25) is 0 Å². The number of nitrogens with zero attached hydrogens (tertiary/aromatic N) is 1. The highest BCUT2D eigenvalue weighted by Gasteiger charge is 2.39. The quantitative estimate of drug-likeness (QED) is 0.584. The second kappa shape index (κ2) is 8.61. The zero-order chi connectivity index (χ0) is 14.1. The summed E-state index contributed by atoms with van der Waals surface area (Å²) in [5.74, 6) is 6.27. The molecule has 0 aliphatic heterocycles. The molecule has 1 unspecified atom stereocenters. The maximum Gasteiger partial charge on any atom is 0.0356 e. The number of hydrogen-bond donors (Lipinski definition) is 1. The van der Waals surface area contributed by atoms with E-state index in [9.17, 15) is 0 Å². The Morgan fingerprint density at radius 1 is 1.16 bits per heavy atom. The second-order valence-electron chi connectivity index (χ2n) is 5.99. The van der Waals surface area contributed by atoms with E-state index >= 15 is 0 Å². The van der Waals surface area contributed by atoms with Crippen LogP contribution in [0.1, 0.15) is 65.2 Å². The minimum absolute atomic E-state index is 0.335. The Morgan fingerprint density at radius 2 is 1.79 bits per heavy atom. The number of nitrogens with one attached hydrogen (secondary N) is 1. The van der Waals surface area contributed by atoms with Crippen molar-refractivity contribution in [3.63, 3.8) is 0 Å². The molecular formula is C17H32N2. The van der Waals surface area contributed by atoms with Gasteiger partial charge in [0.1, 0.15) is 0 Å². The van der Waals surface area contributed by atoms with Gasteiger partial charge in [0.05, 0.1) is 0 Å². The van der Waals surface area contributed by atoms with Crippen molar-refractivity contribution in [3.8, 4) is 11.8 Å². The van der Waals surface area contributed by atoms with Crippen LogP contribution in [0.25, 0.3) is 0 Å². The summed E-state index contributed by atoms with van der Waals surface area (Å²) in [5, 5.41) is 3.75. The molecule has 2 nitrogen and oxygen atoms in total. The summed E-state index contributed by atoms with van der Waals surface area (Å²) in [4.78, 5) is 2.49. The van der Waals surface area contributed by atoms with Crippen molar-refractivity contribution >= 4 is 0 Å². The van der Waals surface area contributed by atoms with Gasteiger partial charge in [0.15, 0.2) is 0 Å². The summed E-state index contributed by atoms with van der Waals surface area (Å²) >= 11 is 0. The fraction of sp³-hybridized carbons (Fsp3) is 0.882. The molecule has 0 aromatic rings. The highest BCUT2D eigenvalue weighted by molar-refractivity contribution is 5.03. The standard InChI is InChI=1S/C17H32N2/c1-5-7-10-13-16(18-6-2)17(19(3)4)14-11-8-9-12-15-17/h16,18H,6,8-15H2,1-4H3. The molecule has 0 aromatic carbocycles. The normalized spacial score (nSPS) is 20.5. The minimum atomic E-state index is 0.335. The SMILES string of the molecule is CC#CCCC(NCC)C1(N(C)C)CCCCCC1. The molecule has 1 aliphatic rings. The maximum atomic E-state index is 3.75. The molecule has 0 bridgehead atoms. The van der Waals surface area contributed by atoms with Crippen LogP contribution in [0.15, 0.2) is 0 Å². The van der Waals surface area contributed by atoms with E-state index in [1.165, 1.54) is 44.9 Å². The Morgan fingerprint density at radius 3 is 2.26 bits per heavy atom. The Balaban J connectivity index is 2.84. The van der Waals surface area contributed by atoms with Gasteiger partial charge in [-0.2, -0.15) is 0 Å². The first-order valence-electron chi connectivity index (χ1n) is 7.97. The molecule has 110 valence electrons. The predicted octanol–water partition coefficient (Wildman–Crippen LogP) is 3.42. The molecule has 19 heavy (non-hydrogen) atoms. The average molecular weight is 264 g/mol. The third-order valence-corrected chi connectivity index (χ3v) is 4.69. The van der Waals surface area contributed by atoms with Crippen LogP contribution in [0.5, 0.6) is 0 Å². The average Bonchev–Trinajstić information content (AvgIpc) is 2.64. The maximum absolute atomic E-state index is 3.75. The van der Waals surface area contributed by atoms with Crippen molar-refractivity contribution in [1.82, 2.24) is 10.2 Å². The lowest BCUT2D eigenvalue weighted by molar-refractivity contribution is 0.0776. The summed E-state index contributed by atoms with van der Waals surface area (Å²) in [7, 11) is 4.53. The third kappa shape index (κ3) is 4.51. The lowest BCUT2D eigenvalue weighted by Crippen LogP contribution is -2.58. The smallest absolute Gasteiger partial charge is 0.0356 e. The summed E-state index contributed by atoms with van der Waals surface area (Å²) in [6, 6.07) is 0.575. The van der Waals surface area contributed by atoms with E-state index < -0.39 is 0 Å². The first-order chi connectivity index (χ1) is 9.17. The Bertz CT molecular complexity index is 290. The Labute approximate surface area is 120 Å². The second-order valence-corrected chi connectivity index (χ2v) is 5.99. The molecule has 0 radical (unpaired) electrons. The lowest BCUT2D eigenvalue weighted by atomic mass is 9.79. The Kier molecular flexibility index (Phi) is 7.49. The van der Waals surface area contributed by atoms with Gasteiger partial charge in [-0.1, -0.05) is 32.6 Å². The summed E-state index contributed by atoms with van der Waals surface area (Å²) in [5.41, 5.74) is 0.335. The largest absolute Gasteiger partial charge is 0.312 e. The van der Waals surface area contributed by atoms with Crippen LogP contribution in [0, 0.1) is 11.8 Å². The van der Waals surface area contributed by atoms with E-state index in [1.54, 1.807) is 0 Å².